The van der Waals surface area contributed by atoms with Crippen LogP contribution in [0.2, 0.25) is 0 Å². The number of carbonyl (C=O) groups is 1. The maximum absolute atomic E-state index is 13.8. The summed E-state index contributed by atoms with van der Waals surface area (Å²) in [4.78, 5) is 24.6. The topological polar surface area (TPSA) is 83.5 Å². The van der Waals surface area contributed by atoms with Crippen LogP contribution in [0.3, 0.4) is 0 Å². The molecule has 0 N–H and O–H groups in total. The first-order valence-corrected chi connectivity index (χ1v) is 13.9. The number of amides is 1. The zero-order valence-corrected chi connectivity index (χ0v) is 22.4. The molecule has 7 nitrogen and oxygen atoms in total. The lowest BCUT2D eigenvalue weighted by Gasteiger charge is -2.21. The molecule has 0 fully saturated rings. The van der Waals surface area contributed by atoms with E-state index in [0.717, 1.165) is 21.3 Å². The first-order valence-electron chi connectivity index (χ1n) is 11.7. The second-order valence-electron chi connectivity index (χ2n) is 8.56. The number of hydrogen-bond acceptors (Lipinski definition) is 6. The number of nitrogens with zero attached hydrogens (tertiary/aromatic N) is 4. The minimum absolute atomic E-state index is 0.0927. The Bertz CT molecular complexity index is 1540. The molecule has 0 atom stereocenters. The standard InChI is InChI=1S/C28H28N4O3S2/c1-5-15-31(16-6-2)37(34,35)24-12-10-22(11-13-24)27(33)32(19-23-9-7-8-14-29-23)28-30-26-21(4)17-20(3)18-25(26)36-28/h5-14,17-18H,1-2,15-16,19H2,3-4H3. The quantitative estimate of drug-likeness (QED) is 0.251. The first kappa shape index (κ1) is 26.4. The van der Waals surface area contributed by atoms with Crippen LogP contribution in [0.1, 0.15) is 27.2 Å². The molecule has 0 aliphatic rings. The van der Waals surface area contributed by atoms with Crippen LogP contribution in [0.5, 0.6) is 0 Å². The van der Waals surface area contributed by atoms with Crippen LogP contribution >= 0.6 is 11.3 Å². The SMILES string of the molecule is C=CCN(CC=C)S(=O)(=O)c1ccc(C(=O)N(Cc2ccccn2)c2nc3c(C)cc(C)cc3s2)cc1. The van der Waals surface area contributed by atoms with Crippen LogP contribution < -0.4 is 4.90 Å². The minimum Gasteiger partial charge on any atom is -0.278 e. The number of aromatic nitrogens is 2. The Morgan fingerprint density at radius 3 is 2.35 bits per heavy atom. The van der Waals surface area contributed by atoms with Crippen molar-refractivity contribution in [3.05, 3.63) is 108 Å². The Kier molecular flexibility index (Phi) is 7.97. The summed E-state index contributed by atoms with van der Waals surface area (Å²) in [5, 5.41) is 0.555. The second kappa shape index (κ2) is 11.2. The van der Waals surface area contributed by atoms with Gasteiger partial charge in [-0.1, -0.05) is 35.6 Å². The lowest BCUT2D eigenvalue weighted by atomic mass is 10.1. The van der Waals surface area contributed by atoms with Gasteiger partial charge in [-0.15, -0.1) is 13.2 Å². The molecule has 2 aromatic carbocycles. The lowest BCUT2D eigenvalue weighted by molar-refractivity contribution is 0.0984. The molecule has 190 valence electrons. The highest BCUT2D eigenvalue weighted by Crippen LogP contribution is 2.33. The molecule has 0 saturated heterocycles. The average Bonchev–Trinajstić information content (AvgIpc) is 3.31. The van der Waals surface area contributed by atoms with E-state index in [4.69, 9.17) is 4.98 Å². The van der Waals surface area contributed by atoms with Gasteiger partial charge in [0, 0.05) is 24.8 Å². The Labute approximate surface area is 221 Å². The normalized spacial score (nSPS) is 11.5. The summed E-state index contributed by atoms with van der Waals surface area (Å²) in [6.45, 7) is 11.8. The van der Waals surface area contributed by atoms with Gasteiger partial charge in [0.15, 0.2) is 5.13 Å². The van der Waals surface area contributed by atoms with Gasteiger partial charge < -0.3 is 0 Å². The first-order chi connectivity index (χ1) is 17.7. The van der Waals surface area contributed by atoms with E-state index in [1.165, 1.54) is 52.1 Å². The molecule has 2 aromatic heterocycles. The number of rotatable bonds is 10. The van der Waals surface area contributed by atoms with Gasteiger partial charge in [0.1, 0.15) is 0 Å². The van der Waals surface area contributed by atoms with Gasteiger partial charge in [-0.05, 0) is 67.4 Å². The second-order valence-corrected chi connectivity index (χ2v) is 11.5. The minimum atomic E-state index is -3.77. The van der Waals surface area contributed by atoms with Gasteiger partial charge in [0.05, 0.1) is 27.4 Å². The third-order valence-electron chi connectivity index (χ3n) is 5.75. The van der Waals surface area contributed by atoms with E-state index in [-0.39, 0.29) is 30.4 Å². The molecule has 4 rings (SSSR count). The van der Waals surface area contributed by atoms with Crippen LogP contribution in [0.15, 0.2) is 91.0 Å². The molecule has 0 aliphatic carbocycles. The maximum Gasteiger partial charge on any atom is 0.260 e. The fourth-order valence-electron chi connectivity index (χ4n) is 3.99. The number of sulfonamides is 1. The number of thiazole rings is 1. The van der Waals surface area contributed by atoms with E-state index in [9.17, 15) is 13.2 Å². The Morgan fingerprint density at radius 1 is 1.03 bits per heavy atom. The number of anilines is 1. The number of benzene rings is 2. The molecule has 37 heavy (non-hydrogen) atoms. The fourth-order valence-corrected chi connectivity index (χ4v) is 6.51. The van der Waals surface area contributed by atoms with Crippen molar-refractivity contribution < 1.29 is 13.2 Å². The van der Waals surface area contributed by atoms with Crippen molar-refractivity contribution in [2.45, 2.75) is 25.3 Å². The molecule has 0 bridgehead atoms. The number of fused-ring (bicyclic) bond motifs is 1. The Balaban J connectivity index is 1.71. The molecular weight excluding hydrogens is 504 g/mol. The van der Waals surface area contributed by atoms with Crippen molar-refractivity contribution in [1.29, 1.82) is 0 Å². The fraction of sp³-hybridized carbons (Fsp3) is 0.179. The predicted molar refractivity (Wildman–Crippen MR) is 149 cm³/mol. The van der Waals surface area contributed by atoms with E-state index in [2.05, 4.69) is 30.3 Å². The van der Waals surface area contributed by atoms with Gasteiger partial charge in [0.25, 0.3) is 5.91 Å². The van der Waals surface area contributed by atoms with E-state index in [0.29, 0.717) is 16.4 Å². The summed E-state index contributed by atoms with van der Waals surface area (Å²) in [6.07, 6.45) is 4.73. The van der Waals surface area contributed by atoms with Crippen molar-refractivity contribution in [3.63, 3.8) is 0 Å². The van der Waals surface area contributed by atoms with Crippen molar-refractivity contribution in [2.75, 3.05) is 18.0 Å². The molecule has 1 amide bonds. The van der Waals surface area contributed by atoms with Crippen LogP contribution in [0.4, 0.5) is 5.13 Å². The average molecular weight is 533 g/mol. The number of pyridine rings is 1. The molecule has 0 unspecified atom stereocenters. The molecule has 2 heterocycles. The van der Waals surface area contributed by atoms with Gasteiger partial charge in [0.2, 0.25) is 10.0 Å². The van der Waals surface area contributed by atoms with Crippen molar-refractivity contribution in [3.8, 4) is 0 Å². The highest BCUT2D eigenvalue weighted by Gasteiger charge is 2.25. The highest BCUT2D eigenvalue weighted by atomic mass is 32.2. The molecule has 9 heteroatoms. The van der Waals surface area contributed by atoms with Crippen molar-refractivity contribution in [1.82, 2.24) is 14.3 Å². The number of hydrogen-bond donors (Lipinski definition) is 0. The molecule has 0 radical (unpaired) electrons. The summed E-state index contributed by atoms with van der Waals surface area (Å²) < 4.78 is 28.4. The van der Waals surface area contributed by atoms with Gasteiger partial charge in [-0.3, -0.25) is 14.7 Å². The van der Waals surface area contributed by atoms with E-state index >= 15 is 0 Å². The number of aryl methyl sites for hydroxylation is 2. The van der Waals surface area contributed by atoms with Crippen molar-refractivity contribution >= 4 is 42.6 Å². The Hall–Kier alpha value is -3.66. The van der Waals surface area contributed by atoms with E-state index in [1.54, 1.807) is 11.1 Å². The third kappa shape index (κ3) is 5.69. The lowest BCUT2D eigenvalue weighted by Crippen LogP contribution is -2.32. The summed E-state index contributed by atoms with van der Waals surface area (Å²) in [6, 6.07) is 15.6. The van der Waals surface area contributed by atoms with Crippen LogP contribution in [0, 0.1) is 13.8 Å². The zero-order valence-electron chi connectivity index (χ0n) is 20.8. The number of carbonyl (C=O) groups excluding carboxylic acids is 1. The summed E-state index contributed by atoms with van der Waals surface area (Å²) >= 11 is 1.44. The summed E-state index contributed by atoms with van der Waals surface area (Å²) in [7, 11) is -3.77. The zero-order chi connectivity index (χ0) is 26.6. The molecule has 0 aliphatic heterocycles. The van der Waals surface area contributed by atoms with E-state index < -0.39 is 10.0 Å². The molecular formula is C28H28N4O3S2. The largest absolute Gasteiger partial charge is 0.278 e. The summed E-state index contributed by atoms with van der Waals surface area (Å²) in [5.41, 5.74) is 4.09. The summed E-state index contributed by atoms with van der Waals surface area (Å²) in [5.74, 6) is -0.294. The third-order valence-corrected chi connectivity index (χ3v) is 8.62. The highest BCUT2D eigenvalue weighted by molar-refractivity contribution is 7.89. The van der Waals surface area contributed by atoms with Crippen LogP contribution in [0.25, 0.3) is 10.2 Å². The molecule has 0 saturated carbocycles. The predicted octanol–water partition coefficient (Wildman–Crippen LogP) is 5.52. The van der Waals surface area contributed by atoms with Crippen molar-refractivity contribution in [2.24, 2.45) is 0 Å². The smallest absolute Gasteiger partial charge is 0.260 e. The monoisotopic (exact) mass is 532 g/mol. The Morgan fingerprint density at radius 2 is 1.73 bits per heavy atom. The van der Waals surface area contributed by atoms with Gasteiger partial charge >= 0.3 is 0 Å². The molecule has 0 spiro atoms. The molecule has 4 aromatic rings. The van der Waals surface area contributed by atoms with Gasteiger partial charge in [-0.2, -0.15) is 4.31 Å². The maximum atomic E-state index is 13.8. The van der Waals surface area contributed by atoms with E-state index in [1.807, 2.05) is 32.0 Å². The van der Waals surface area contributed by atoms with Gasteiger partial charge in [-0.25, -0.2) is 13.4 Å². The van der Waals surface area contributed by atoms with Crippen LogP contribution in [-0.2, 0) is 16.6 Å². The van der Waals surface area contributed by atoms with Crippen LogP contribution in [-0.4, -0.2) is 41.7 Å².